The maximum Gasteiger partial charge on any atom is 0.231 e. The molecule has 2 heterocycles. The molecule has 1 amide bonds. The van der Waals surface area contributed by atoms with Crippen LogP contribution in [-0.4, -0.2) is 22.3 Å². The van der Waals surface area contributed by atoms with Crippen molar-refractivity contribution in [3.63, 3.8) is 0 Å². The minimum atomic E-state index is -0.114. The lowest BCUT2D eigenvalue weighted by Gasteiger charge is -2.11. The molecule has 6 nitrogen and oxygen atoms in total. The summed E-state index contributed by atoms with van der Waals surface area (Å²) in [6.45, 7) is 2.70. The summed E-state index contributed by atoms with van der Waals surface area (Å²) in [7, 11) is 0. The zero-order valence-corrected chi connectivity index (χ0v) is 19.4. The monoisotopic (exact) mass is 481 g/mol. The van der Waals surface area contributed by atoms with Crippen molar-refractivity contribution in [3.8, 4) is 11.5 Å². The van der Waals surface area contributed by atoms with Crippen LogP contribution >= 0.6 is 23.2 Å². The zero-order valence-electron chi connectivity index (χ0n) is 17.9. The second-order valence-electron chi connectivity index (χ2n) is 7.97. The van der Waals surface area contributed by atoms with E-state index in [0.717, 1.165) is 22.4 Å². The molecule has 0 fully saturated rings. The molecular weight excluding hydrogens is 461 g/mol. The Morgan fingerprint density at radius 2 is 1.88 bits per heavy atom. The first-order valence-electron chi connectivity index (χ1n) is 10.6. The number of aromatic nitrogens is 2. The second-order valence-corrected chi connectivity index (χ2v) is 8.78. The highest BCUT2D eigenvalue weighted by atomic mass is 35.5. The molecule has 3 aromatic carbocycles. The fourth-order valence-corrected chi connectivity index (χ4v) is 4.29. The number of ether oxygens (including phenoxy) is 2. The summed E-state index contributed by atoms with van der Waals surface area (Å²) in [5.74, 6) is 2.04. The number of fused-ring (bicyclic) bond motifs is 2. The standard InChI is InChI=1S/C25H21Cl2N3O3/c1-15-3-2-4-16(9-15)10-24-29-20-12-18(26)19(27)13-21(20)30(24)8-7-25(31)28-17-5-6-22-23(11-17)33-14-32-22/h2-6,9,11-13H,7-8,10,14H2,1H3,(H,28,31). The van der Waals surface area contributed by atoms with E-state index in [0.29, 0.717) is 40.2 Å². The molecule has 1 aliphatic rings. The van der Waals surface area contributed by atoms with Crippen LogP contribution in [0, 0.1) is 6.92 Å². The largest absolute Gasteiger partial charge is 0.454 e. The van der Waals surface area contributed by atoms with Crippen molar-refractivity contribution in [2.75, 3.05) is 12.1 Å². The van der Waals surface area contributed by atoms with Gasteiger partial charge in [-0.2, -0.15) is 0 Å². The molecule has 168 valence electrons. The number of benzene rings is 3. The van der Waals surface area contributed by atoms with Gasteiger partial charge >= 0.3 is 0 Å². The van der Waals surface area contributed by atoms with Gasteiger partial charge in [0.15, 0.2) is 11.5 Å². The fraction of sp³-hybridized carbons (Fsp3) is 0.200. The van der Waals surface area contributed by atoms with Crippen molar-refractivity contribution in [2.24, 2.45) is 0 Å². The van der Waals surface area contributed by atoms with Gasteiger partial charge in [-0.1, -0.05) is 53.0 Å². The number of amides is 1. The molecule has 5 rings (SSSR count). The number of rotatable bonds is 6. The fourth-order valence-electron chi connectivity index (χ4n) is 3.97. The second kappa shape index (κ2) is 8.96. The highest BCUT2D eigenvalue weighted by Gasteiger charge is 2.17. The molecule has 0 unspecified atom stereocenters. The maximum absolute atomic E-state index is 12.7. The van der Waals surface area contributed by atoms with Crippen LogP contribution in [0.1, 0.15) is 23.4 Å². The van der Waals surface area contributed by atoms with Crippen LogP contribution in [-0.2, 0) is 17.8 Å². The van der Waals surface area contributed by atoms with Crippen molar-refractivity contribution in [3.05, 3.63) is 81.6 Å². The Hall–Kier alpha value is -3.22. The maximum atomic E-state index is 12.7. The van der Waals surface area contributed by atoms with E-state index < -0.39 is 0 Å². The molecule has 0 spiro atoms. The van der Waals surface area contributed by atoms with E-state index in [1.807, 2.05) is 16.7 Å². The summed E-state index contributed by atoms with van der Waals surface area (Å²) >= 11 is 12.5. The minimum Gasteiger partial charge on any atom is -0.454 e. The van der Waals surface area contributed by atoms with Crippen molar-refractivity contribution in [2.45, 2.75) is 26.3 Å². The van der Waals surface area contributed by atoms with Gasteiger partial charge in [-0.15, -0.1) is 0 Å². The molecule has 8 heteroatoms. The van der Waals surface area contributed by atoms with Crippen molar-refractivity contribution in [1.29, 1.82) is 0 Å². The summed E-state index contributed by atoms with van der Waals surface area (Å²) < 4.78 is 12.7. The summed E-state index contributed by atoms with van der Waals surface area (Å²) in [5, 5.41) is 3.83. The lowest BCUT2D eigenvalue weighted by Crippen LogP contribution is -2.15. The molecule has 33 heavy (non-hydrogen) atoms. The first-order valence-corrected chi connectivity index (χ1v) is 11.3. The van der Waals surface area contributed by atoms with E-state index in [-0.39, 0.29) is 19.1 Å². The van der Waals surface area contributed by atoms with Gasteiger partial charge in [0.05, 0.1) is 21.1 Å². The molecule has 1 aliphatic heterocycles. The van der Waals surface area contributed by atoms with E-state index in [1.165, 1.54) is 5.56 Å². The lowest BCUT2D eigenvalue weighted by atomic mass is 10.1. The van der Waals surface area contributed by atoms with Gasteiger partial charge in [0.2, 0.25) is 12.7 Å². The van der Waals surface area contributed by atoms with Gasteiger partial charge in [0, 0.05) is 31.1 Å². The van der Waals surface area contributed by atoms with Crippen LogP contribution in [0.5, 0.6) is 11.5 Å². The average Bonchev–Trinajstić information content (AvgIpc) is 3.36. The van der Waals surface area contributed by atoms with Crippen LogP contribution in [0.4, 0.5) is 5.69 Å². The van der Waals surface area contributed by atoms with Gasteiger partial charge in [0.1, 0.15) is 5.82 Å². The Balaban J connectivity index is 1.38. The van der Waals surface area contributed by atoms with Gasteiger partial charge in [0.25, 0.3) is 0 Å². The number of nitrogens with one attached hydrogen (secondary N) is 1. The van der Waals surface area contributed by atoms with E-state index >= 15 is 0 Å². The van der Waals surface area contributed by atoms with E-state index in [9.17, 15) is 4.79 Å². The lowest BCUT2D eigenvalue weighted by molar-refractivity contribution is -0.116. The average molecular weight is 482 g/mol. The van der Waals surface area contributed by atoms with Crippen LogP contribution in [0.25, 0.3) is 11.0 Å². The number of anilines is 1. The highest BCUT2D eigenvalue weighted by Crippen LogP contribution is 2.34. The van der Waals surface area contributed by atoms with Gasteiger partial charge in [-0.3, -0.25) is 4.79 Å². The molecular formula is C25H21Cl2N3O3. The molecule has 0 aliphatic carbocycles. The quantitative estimate of drug-likeness (QED) is 0.366. The molecule has 0 bridgehead atoms. The number of halogens is 2. The Morgan fingerprint density at radius 3 is 2.73 bits per heavy atom. The number of carbonyl (C=O) groups is 1. The van der Waals surface area contributed by atoms with Crippen LogP contribution < -0.4 is 14.8 Å². The Labute approximate surface area is 201 Å². The van der Waals surface area contributed by atoms with E-state index in [4.69, 9.17) is 37.7 Å². The number of hydrogen-bond donors (Lipinski definition) is 1. The summed E-state index contributed by atoms with van der Waals surface area (Å²) in [6.07, 6.45) is 0.899. The number of nitrogens with zero attached hydrogens (tertiary/aromatic N) is 2. The Kier molecular flexibility index (Phi) is 5.87. The molecule has 1 aromatic heterocycles. The number of hydrogen-bond acceptors (Lipinski definition) is 4. The van der Waals surface area contributed by atoms with Crippen molar-refractivity contribution >= 4 is 45.8 Å². The third-order valence-corrected chi connectivity index (χ3v) is 6.26. The first-order chi connectivity index (χ1) is 16.0. The molecule has 0 radical (unpaired) electrons. The van der Waals surface area contributed by atoms with Crippen molar-refractivity contribution in [1.82, 2.24) is 9.55 Å². The molecule has 0 saturated carbocycles. The Bertz CT molecular complexity index is 1370. The van der Waals surface area contributed by atoms with Crippen LogP contribution in [0.3, 0.4) is 0 Å². The van der Waals surface area contributed by atoms with Crippen molar-refractivity contribution < 1.29 is 14.3 Å². The summed E-state index contributed by atoms with van der Waals surface area (Å²) in [4.78, 5) is 17.5. The van der Waals surface area contributed by atoms with E-state index in [2.05, 4.69) is 30.4 Å². The minimum absolute atomic E-state index is 0.114. The molecule has 0 atom stereocenters. The van der Waals surface area contributed by atoms with Gasteiger partial charge in [-0.05, 0) is 36.8 Å². The SMILES string of the molecule is Cc1cccc(Cc2nc3cc(Cl)c(Cl)cc3n2CCC(=O)Nc2ccc3c(c2)OCO3)c1. The van der Waals surface area contributed by atoms with Gasteiger partial charge in [-0.25, -0.2) is 4.98 Å². The topological polar surface area (TPSA) is 65.4 Å². The normalized spacial score (nSPS) is 12.3. The van der Waals surface area contributed by atoms with Crippen LogP contribution in [0.15, 0.2) is 54.6 Å². The smallest absolute Gasteiger partial charge is 0.231 e. The van der Waals surface area contributed by atoms with Gasteiger partial charge < -0.3 is 19.4 Å². The molecule has 0 saturated heterocycles. The van der Waals surface area contributed by atoms with E-state index in [1.54, 1.807) is 24.3 Å². The molecule has 4 aromatic rings. The third kappa shape index (κ3) is 4.63. The highest BCUT2D eigenvalue weighted by molar-refractivity contribution is 6.42. The number of aryl methyl sites for hydroxylation is 2. The predicted molar refractivity (Wildman–Crippen MR) is 130 cm³/mol. The third-order valence-electron chi connectivity index (χ3n) is 5.53. The summed E-state index contributed by atoms with van der Waals surface area (Å²) in [5.41, 5.74) is 4.60. The zero-order chi connectivity index (χ0) is 22.9. The number of carbonyl (C=O) groups excluding carboxylic acids is 1. The molecule has 1 N–H and O–H groups in total. The summed E-state index contributed by atoms with van der Waals surface area (Å²) in [6, 6.07) is 17.2. The van der Waals surface area contributed by atoms with Crippen LogP contribution in [0.2, 0.25) is 10.0 Å². The Morgan fingerprint density at radius 1 is 1.06 bits per heavy atom. The first kappa shape index (κ1) is 21.6. The predicted octanol–water partition coefficient (Wildman–Crippen LogP) is 6.00. The number of imidazole rings is 1.